The van der Waals surface area contributed by atoms with Crippen LogP contribution in [-0.4, -0.2) is 62.7 Å². The highest BCUT2D eigenvalue weighted by Gasteiger charge is 2.44. The maximum atomic E-state index is 13.5. The summed E-state index contributed by atoms with van der Waals surface area (Å²) in [5.41, 5.74) is 14.8. The zero-order valence-corrected chi connectivity index (χ0v) is 37.2. The predicted molar refractivity (Wildman–Crippen MR) is 250 cm³/mol. The highest BCUT2D eigenvalue weighted by molar-refractivity contribution is 6.06. The zero-order chi connectivity index (χ0) is 45.8. The Morgan fingerprint density at radius 2 is 1.84 bits per heavy atom. The lowest BCUT2D eigenvalue weighted by Crippen LogP contribution is -2.40. The van der Waals surface area contributed by atoms with Gasteiger partial charge in [-0.05, 0) is 112 Å². The van der Waals surface area contributed by atoms with Gasteiger partial charge in [-0.1, -0.05) is 56.0 Å². The van der Waals surface area contributed by atoms with Crippen LogP contribution in [0.4, 0.5) is 11.4 Å². The number of amides is 3. The normalized spacial score (nSPS) is 18.6. The number of primary amides is 1. The molecule has 0 bridgehead atoms. The molecule has 0 radical (unpaired) electrons. The molecule has 3 amide bonds. The number of dihydropyridines is 1. The van der Waals surface area contributed by atoms with Crippen LogP contribution in [0, 0.1) is 11.8 Å². The number of rotatable bonds is 22. The van der Waals surface area contributed by atoms with Gasteiger partial charge >= 0.3 is 0 Å². The monoisotopic (exact) mass is 855 g/mol. The SMILES string of the molecule is C=C/C=C(\C=C(\Nc1cccc(C2=C(C)CC=C2C)c1OC)C(=C)C(=O)NC)NC1C=CC(C(=O)NCCCCNc2ccc3c(c2)C(=O)C(C(CCC(C)=O)C(N)=O)C3C)=CN1. The number of methoxy groups -OCH3 is 1. The van der Waals surface area contributed by atoms with E-state index in [-0.39, 0.29) is 47.7 Å². The first kappa shape index (κ1) is 47.2. The lowest BCUT2D eigenvalue weighted by Gasteiger charge is -2.23. The number of Topliss-reactive ketones (excluding diaryl/α,β-unsaturated/α-hetero) is 2. The maximum Gasteiger partial charge on any atom is 0.252 e. The highest BCUT2D eigenvalue weighted by atomic mass is 16.5. The van der Waals surface area contributed by atoms with E-state index < -0.39 is 23.9 Å². The molecule has 1 aliphatic heterocycles. The van der Waals surface area contributed by atoms with Gasteiger partial charge < -0.3 is 47.2 Å². The van der Waals surface area contributed by atoms with Crippen LogP contribution in [0.5, 0.6) is 5.75 Å². The van der Waals surface area contributed by atoms with Gasteiger partial charge in [0.1, 0.15) is 17.7 Å². The smallest absolute Gasteiger partial charge is 0.252 e. The Labute approximate surface area is 370 Å². The number of anilines is 2. The van der Waals surface area contributed by atoms with E-state index in [0.717, 1.165) is 41.6 Å². The fraction of sp³-hybridized carbons (Fsp3) is 0.340. The van der Waals surface area contributed by atoms with Crippen LogP contribution in [0.2, 0.25) is 0 Å². The number of unbranched alkanes of at least 4 members (excludes halogenated alkanes) is 1. The van der Waals surface area contributed by atoms with Crippen molar-refractivity contribution < 1.29 is 28.7 Å². The van der Waals surface area contributed by atoms with Crippen molar-refractivity contribution in [3.63, 3.8) is 0 Å². The second kappa shape index (κ2) is 21.8. The fourth-order valence-corrected chi connectivity index (χ4v) is 8.32. The second-order valence-electron chi connectivity index (χ2n) is 16.1. The third-order valence-electron chi connectivity index (χ3n) is 11.7. The molecule has 3 aliphatic rings. The Kier molecular flexibility index (Phi) is 16.3. The molecule has 0 saturated heterocycles. The van der Waals surface area contributed by atoms with E-state index in [9.17, 15) is 24.0 Å². The first-order valence-electron chi connectivity index (χ1n) is 21.4. The third-order valence-corrected chi connectivity index (χ3v) is 11.7. The summed E-state index contributed by atoms with van der Waals surface area (Å²) in [5.74, 6) is -2.11. The minimum absolute atomic E-state index is 0.0430. The van der Waals surface area contributed by atoms with Crippen molar-refractivity contribution in [2.75, 3.05) is 37.9 Å². The van der Waals surface area contributed by atoms with Crippen LogP contribution in [0.15, 0.2) is 126 Å². The van der Waals surface area contributed by atoms with Crippen LogP contribution < -0.4 is 42.4 Å². The summed E-state index contributed by atoms with van der Waals surface area (Å²) in [6.45, 7) is 16.6. The summed E-state index contributed by atoms with van der Waals surface area (Å²) in [6.07, 6.45) is 15.0. The Balaban J connectivity index is 1.13. The van der Waals surface area contributed by atoms with Gasteiger partial charge in [0.05, 0.1) is 29.6 Å². The number of hydrogen-bond acceptors (Lipinski definition) is 10. The number of para-hydroxylation sites is 1. The van der Waals surface area contributed by atoms with Gasteiger partial charge in [0, 0.05) is 67.1 Å². The Hall–Kier alpha value is -6.89. The molecule has 4 atom stereocenters. The molecule has 0 spiro atoms. The third kappa shape index (κ3) is 11.5. The molecule has 0 saturated carbocycles. The Bertz CT molecular complexity index is 2350. The molecular weight excluding hydrogens is 795 g/mol. The van der Waals surface area contributed by atoms with E-state index in [1.54, 1.807) is 44.7 Å². The number of carbonyl (C=O) groups excluding carboxylic acids is 5. The van der Waals surface area contributed by atoms with E-state index in [1.165, 1.54) is 18.1 Å². The molecule has 5 rings (SSSR count). The minimum atomic E-state index is -0.698. The van der Waals surface area contributed by atoms with Crippen molar-refractivity contribution in [3.05, 3.63) is 143 Å². The summed E-state index contributed by atoms with van der Waals surface area (Å²) in [7, 11) is 3.18. The molecule has 2 aromatic carbocycles. The van der Waals surface area contributed by atoms with Crippen LogP contribution in [-0.2, 0) is 19.2 Å². The van der Waals surface area contributed by atoms with Crippen molar-refractivity contribution in [3.8, 4) is 5.75 Å². The quantitative estimate of drug-likeness (QED) is 0.0375. The second-order valence-corrected chi connectivity index (χ2v) is 16.1. The van der Waals surface area contributed by atoms with Gasteiger partial charge in [0.15, 0.2) is 5.78 Å². The molecule has 8 N–H and O–H groups in total. The van der Waals surface area contributed by atoms with Gasteiger partial charge in [0.2, 0.25) is 5.91 Å². The first-order chi connectivity index (χ1) is 30.2. The number of nitrogens with two attached hydrogens (primary N) is 1. The molecule has 0 fully saturated rings. The minimum Gasteiger partial charge on any atom is -0.494 e. The zero-order valence-electron chi connectivity index (χ0n) is 37.2. The number of ether oxygens (including phenoxy) is 1. The molecule has 2 aliphatic carbocycles. The molecule has 332 valence electrons. The van der Waals surface area contributed by atoms with Gasteiger partial charge in [0.25, 0.3) is 11.8 Å². The van der Waals surface area contributed by atoms with Crippen LogP contribution in [0.3, 0.4) is 0 Å². The van der Waals surface area contributed by atoms with E-state index in [1.807, 2.05) is 49.4 Å². The van der Waals surface area contributed by atoms with Crippen molar-refractivity contribution in [2.24, 2.45) is 17.6 Å². The van der Waals surface area contributed by atoms with E-state index in [4.69, 9.17) is 10.5 Å². The van der Waals surface area contributed by atoms with Crippen molar-refractivity contribution >= 4 is 46.2 Å². The summed E-state index contributed by atoms with van der Waals surface area (Å²) in [6, 6.07) is 11.5. The van der Waals surface area contributed by atoms with Crippen molar-refractivity contribution in [1.82, 2.24) is 21.3 Å². The first-order valence-corrected chi connectivity index (χ1v) is 21.4. The molecule has 0 aromatic heterocycles. The van der Waals surface area contributed by atoms with Gasteiger partial charge in [-0.2, -0.15) is 0 Å². The summed E-state index contributed by atoms with van der Waals surface area (Å²) >= 11 is 0. The number of benzene rings is 2. The lowest BCUT2D eigenvalue weighted by molar-refractivity contribution is -0.124. The number of fused-ring (bicyclic) bond motifs is 1. The lowest BCUT2D eigenvalue weighted by atomic mass is 9.79. The highest BCUT2D eigenvalue weighted by Crippen LogP contribution is 2.44. The van der Waals surface area contributed by atoms with Crippen molar-refractivity contribution in [1.29, 1.82) is 0 Å². The molecule has 2 aromatic rings. The number of hydrogen-bond donors (Lipinski definition) is 7. The molecular formula is C50H61N7O6. The predicted octanol–water partition coefficient (Wildman–Crippen LogP) is 6.84. The van der Waals surface area contributed by atoms with Crippen LogP contribution in [0.1, 0.15) is 87.2 Å². The number of nitrogens with one attached hydrogen (secondary N) is 6. The number of carbonyl (C=O) groups is 5. The number of ketones is 2. The molecule has 13 heteroatoms. The largest absolute Gasteiger partial charge is 0.494 e. The van der Waals surface area contributed by atoms with Crippen LogP contribution >= 0.6 is 0 Å². The van der Waals surface area contributed by atoms with Gasteiger partial charge in [-0.25, -0.2) is 0 Å². The summed E-state index contributed by atoms with van der Waals surface area (Å²) in [5, 5.41) is 19.0. The molecule has 1 heterocycles. The van der Waals surface area contributed by atoms with Crippen LogP contribution in [0.25, 0.3) is 5.57 Å². The van der Waals surface area contributed by atoms with E-state index in [0.29, 0.717) is 47.1 Å². The maximum absolute atomic E-state index is 13.5. The number of allylic oxidation sites excluding steroid dienone is 7. The summed E-state index contributed by atoms with van der Waals surface area (Å²) < 4.78 is 5.94. The Morgan fingerprint density at radius 3 is 2.48 bits per heavy atom. The van der Waals surface area contributed by atoms with E-state index >= 15 is 0 Å². The Morgan fingerprint density at radius 1 is 1.08 bits per heavy atom. The number of likely N-dealkylation sites (N-methyl/N-ethyl adjacent to an activating group) is 1. The fourth-order valence-electron chi connectivity index (χ4n) is 8.32. The van der Waals surface area contributed by atoms with Gasteiger partial charge in [-0.3, -0.25) is 19.2 Å². The van der Waals surface area contributed by atoms with Gasteiger partial charge in [-0.15, -0.1) is 0 Å². The molecule has 63 heavy (non-hydrogen) atoms. The topological polar surface area (TPSA) is 193 Å². The molecule has 4 unspecified atom stereocenters. The molecule has 13 nitrogen and oxygen atoms in total. The summed E-state index contributed by atoms with van der Waals surface area (Å²) in [4.78, 5) is 63.3. The average Bonchev–Trinajstić information content (AvgIpc) is 3.73. The average molecular weight is 856 g/mol. The van der Waals surface area contributed by atoms with Crippen molar-refractivity contribution in [2.45, 2.75) is 71.9 Å². The standard InChI is InChI=1S/C50H61N7O6/c1-9-13-36(27-42(33(6)49(61)52-7)57-41-15-12-14-38(47(41)63-8)44-29(2)16-17-30(44)3)56-43-23-19-34(28-55-43)50(62)54-25-11-10-24-53-35-20-22-37-32(5)45(46(59)40(37)26-35)39(48(51)60)21-18-31(4)58/h9,12-16,19-20,22-23,26-28,32,39,43,45,53,55-57H,1,6,10-11,17-18,21,24-25H2,2-5,7-8H3,(H2,51,60)(H,52,61)(H,54,62)/b36-13+,42-27+. The van der Waals surface area contributed by atoms with E-state index in [2.05, 4.69) is 65.0 Å².